The van der Waals surface area contributed by atoms with Crippen LogP contribution in [0.1, 0.15) is 52.5 Å². The third-order valence-corrected chi connectivity index (χ3v) is 4.64. The molecule has 2 rings (SSSR count). The van der Waals surface area contributed by atoms with E-state index in [0.29, 0.717) is 10.6 Å². The first-order chi connectivity index (χ1) is 11.9. The van der Waals surface area contributed by atoms with Crippen LogP contribution >= 0.6 is 11.3 Å². The van der Waals surface area contributed by atoms with Crippen molar-refractivity contribution in [1.82, 2.24) is 9.78 Å². The number of hydrogen-bond donors (Lipinski definition) is 2. The Morgan fingerprint density at radius 3 is 2.72 bits per heavy atom. The number of esters is 1. The first kappa shape index (κ1) is 18.7. The third-order valence-electron chi connectivity index (χ3n) is 3.45. The molecule has 2 heterocycles. The van der Waals surface area contributed by atoms with Crippen molar-refractivity contribution in [2.24, 2.45) is 0 Å². The number of rotatable bonds is 7. The van der Waals surface area contributed by atoms with E-state index in [-0.39, 0.29) is 12.3 Å². The molecule has 9 heteroatoms. The van der Waals surface area contributed by atoms with E-state index < -0.39 is 23.9 Å². The van der Waals surface area contributed by atoms with Crippen molar-refractivity contribution < 1.29 is 24.2 Å². The molecule has 2 aromatic rings. The van der Waals surface area contributed by atoms with Gasteiger partial charge in [-0.05, 0) is 32.4 Å². The lowest BCUT2D eigenvalue weighted by molar-refractivity contribution is -0.140. The molecular formula is C16H19N3O5S. The van der Waals surface area contributed by atoms with Crippen LogP contribution in [0, 0.1) is 0 Å². The van der Waals surface area contributed by atoms with Crippen LogP contribution in [0.25, 0.3) is 0 Å². The van der Waals surface area contributed by atoms with Gasteiger partial charge in [0.1, 0.15) is 11.0 Å². The van der Waals surface area contributed by atoms with Crippen molar-refractivity contribution in [2.75, 3.05) is 11.9 Å². The van der Waals surface area contributed by atoms with Crippen LogP contribution in [0.4, 0.5) is 5.00 Å². The highest BCUT2D eigenvalue weighted by Crippen LogP contribution is 2.29. The van der Waals surface area contributed by atoms with Gasteiger partial charge in [-0.3, -0.25) is 9.48 Å². The fourth-order valence-corrected chi connectivity index (χ4v) is 3.00. The Balaban J connectivity index is 2.21. The van der Waals surface area contributed by atoms with Crippen molar-refractivity contribution in [1.29, 1.82) is 0 Å². The minimum atomic E-state index is -1.05. The molecule has 8 nitrogen and oxygen atoms in total. The second-order valence-corrected chi connectivity index (χ2v) is 6.32. The van der Waals surface area contributed by atoms with Crippen molar-refractivity contribution >= 4 is 34.2 Å². The summed E-state index contributed by atoms with van der Waals surface area (Å²) in [5.74, 6) is -2.07. The van der Waals surface area contributed by atoms with Gasteiger partial charge in [0.2, 0.25) is 0 Å². The number of nitrogens with one attached hydrogen (secondary N) is 1. The van der Waals surface area contributed by atoms with Crippen LogP contribution in [-0.2, 0) is 16.0 Å². The zero-order valence-corrected chi connectivity index (χ0v) is 14.9. The van der Waals surface area contributed by atoms with Gasteiger partial charge < -0.3 is 15.2 Å². The van der Waals surface area contributed by atoms with Crippen LogP contribution in [0.3, 0.4) is 0 Å². The van der Waals surface area contributed by atoms with Gasteiger partial charge in [0, 0.05) is 11.1 Å². The van der Waals surface area contributed by atoms with Gasteiger partial charge in [-0.2, -0.15) is 5.10 Å². The first-order valence-electron chi connectivity index (χ1n) is 7.76. The lowest BCUT2D eigenvalue weighted by Gasteiger charge is -2.06. The molecule has 0 saturated carbocycles. The van der Waals surface area contributed by atoms with Crippen molar-refractivity contribution in [3.8, 4) is 0 Å². The number of carbonyl (C=O) groups is 3. The second-order valence-electron chi connectivity index (χ2n) is 5.18. The summed E-state index contributed by atoms with van der Waals surface area (Å²) in [6.45, 7) is 5.35. The number of anilines is 1. The molecule has 0 radical (unpaired) electrons. The number of nitrogens with zero attached hydrogens (tertiary/aromatic N) is 2. The fraction of sp³-hybridized carbons (Fsp3) is 0.375. The predicted octanol–water partition coefficient (Wildman–Crippen LogP) is 2.58. The molecule has 134 valence electrons. The van der Waals surface area contributed by atoms with Gasteiger partial charge in [0.15, 0.2) is 5.69 Å². The molecule has 0 bridgehead atoms. The molecule has 1 unspecified atom stereocenters. The molecule has 0 fully saturated rings. The molecule has 0 aliphatic carbocycles. The maximum atomic E-state index is 12.4. The Morgan fingerprint density at radius 2 is 2.12 bits per heavy atom. The Morgan fingerprint density at radius 1 is 1.40 bits per heavy atom. The van der Waals surface area contributed by atoms with E-state index in [9.17, 15) is 14.4 Å². The highest BCUT2D eigenvalue weighted by atomic mass is 32.1. The largest absolute Gasteiger partial charge is 0.480 e. The highest BCUT2D eigenvalue weighted by molar-refractivity contribution is 7.16. The van der Waals surface area contributed by atoms with E-state index in [0.717, 1.165) is 11.3 Å². The predicted molar refractivity (Wildman–Crippen MR) is 92.2 cm³/mol. The number of aryl methyl sites for hydroxylation is 1. The summed E-state index contributed by atoms with van der Waals surface area (Å²) in [6, 6.07) is 2.24. The zero-order valence-electron chi connectivity index (χ0n) is 14.1. The number of thiophene rings is 1. The van der Waals surface area contributed by atoms with Crippen LogP contribution < -0.4 is 5.32 Å². The Kier molecular flexibility index (Phi) is 5.92. The third kappa shape index (κ3) is 4.24. The summed E-state index contributed by atoms with van der Waals surface area (Å²) < 4.78 is 6.20. The number of hydrogen-bond acceptors (Lipinski definition) is 6. The molecule has 1 atom stereocenters. The van der Waals surface area contributed by atoms with E-state index in [1.807, 2.05) is 6.92 Å². The molecule has 0 aromatic carbocycles. The smallest absolute Gasteiger partial charge is 0.341 e. The number of aromatic nitrogens is 2. The first-order valence-corrected chi connectivity index (χ1v) is 8.58. The molecule has 0 aliphatic heterocycles. The van der Waals surface area contributed by atoms with E-state index in [1.165, 1.54) is 35.2 Å². The number of amides is 1. The highest BCUT2D eigenvalue weighted by Gasteiger charge is 2.21. The topological polar surface area (TPSA) is 111 Å². The van der Waals surface area contributed by atoms with Gasteiger partial charge in [-0.1, -0.05) is 6.92 Å². The molecule has 0 saturated heterocycles. The van der Waals surface area contributed by atoms with Gasteiger partial charge >= 0.3 is 11.9 Å². The number of carbonyl (C=O) groups excluding carboxylic acids is 2. The Bertz CT molecular complexity index is 796. The molecule has 2 N–H and O–H groups in total. The SMILES string of the molecule is CCOC(=O)c1cc(CC)sc1NC(=O)c1ccn(C(C)C(=O)O)n1. The number of carboxylic acids is 1. The maximum absolute atomic E-state index is 12.4. The fourth-order valence-electron chi connectivity index (χ4n) is 2.02. The van der Waals surface area contributed by atoms with Crippen molar-refractivity contribution in [3.05, 3.63) is 34.5 Å². The summed E-state index contributed by atoms with van der Waals surface area (Å²) >= 11 is 1.29. The minimum Gasteiger partial charge on any atom is -0.480 e. The quantitative estimate of drug-likeness (QED) is 0.730. The van der Waals surface area contributed by atoms with Crippen molar-refractivity contribution in [3.63, 3.8) is 0 Å². The summed E-state index contributed by atoms with van der Waals surface area (Å²) in [5, 5.41) is 16.0. The zero-order chi connectivity index (χ0) is 18.6. The summed E-state index contributed by atoms with van der Waals surface area (Å²) in [7, 11) is 0. The lowest BCUT2D eigenvalue weighted by atomic mass is 10.2. The molecule has 0 aliphatic rings. The van der Waals surface area contributed by atoms with Gasteiger partial charge in [0.25, 0.3) is 5.91 Å². The van der Waals surface area contributed by atoms with Crippen LogP contribution in [0.15, 0.2) is 18.3 Å². The molecular weight excluding hydrogens is 346 g/mol. The van der Waals surface area contributed by atoms with Gasteiger partial charge in [-0.15, -0.1) is 11.3 Å². The molecule has 1 amide bonds. The average molecular weight is 365 g/mol. The van der Waals surface area contributed by atoms with E-state index in [2.05, 4.69) is 10.4 Å². The molecule has 25 heavy (non-hydrogen) atoms. The maximum Gasteiger partial charge on any atom is 0.341 e. The second kappa shape index (κ2) is 7.93. The summed E-state index contributed by atoms with van der Waals surface area (Å²) in [6.07, 6.45) is 2.14. The molecule has 0 spiro atoms. The average Bonchev–Trinajstić information content (AvgIpc) is 3.21. The monoisotopic (exact) mass is 365 g/mol. The van der Waals surface area contributed by atoms with Crippen LogP contribution in [0.2, 0.25) is 0 Å². The van der Waals surface area contributed by atoms with Gasteiger partial charge in [0.05, 0.1) is 12.2 Å². The molecule has 2 aromatic heterocycles. The number of ether oxygens (including phenoxy) is 1. The van der Waals surface area contributed by atoms with E-state index in [4.69, 9.17) is 9.84 Å². The number of aliphatic carboxylic acids is 1. The number of carboxylic acid groups (broad SMARTS) is 1. The van der Waals surface area contributed by atoms with Crippen LogP contribution in [0.5, 0.6) is 0 Å². The Labute approximate surface area is 148 Å². The van der Waals surface area contributed by atoms with Crippen molar-refractivity contribution in [2.45, 2.75) is 33.2 Å². The van der Waals surface area contributed by atoms with Crippen LogP contribution in [-0.4, -0.2) is 39.3 Å². The standard InChI is InChI=1S/C16H19N3O5S/c1-4-10-8-11(16(23)24-5-2)14(25-10)17-13(20)12-6-7-19(18-12)9(3)15(21)22/h6-9H,4-5H2,1-3H3,(H,17,20)(H,21,22). The van der Waals surface area contributed by atoms with E-state index >= 15 is 0 Å². The summed E-state index contributed by atoms with van der Waals surface area (Å²) in [4.78, 5) is 36.3. The minimum absolute atomic E-state index is 0.0642. The normalized spacial score (nSPS) is 11.8. The van der Waals surface area contributed by atoms with E-state index in [1.54, 1.807) is 13.0 Å². The van der Waals surface area contributed by atoms with Gasteiger partial charge in [-0.25, -0.2) is 9.59 Å². The lowest BCUT2D eigenvalue weighted by Crippen LogP contribution is -2.18. The summed E-state index contributed by atoms with van der Waals surface area (Å²) in [5.41, 5.74) is 0.366. The Hall–Kier alpha value is -2.68.